The van der Waals surface area contributed by atoms with Crippen LogP contribution in [0.3, 0.4) is 0 Å². The summed E-state index contributed by atoms with van der Waals surface area (Å²) in [6.45, 7) is 0. The fraction of sp³-hybridized carbons (Fsp3) is 0.524. The molecule has 8 amide bonds. The van der Waals surface area contributed by atoms with Gasteiger partial charge in [0.25, 0.3) is 11.8 Å². The monoisotopic (exact) mass is 502 g/mol. The van der Waals surface area contributed by atoms with Gasteiger partial charge >= 0.3 is 12.1 Å². The number of amides is 8. The first kappa shape index (κ1) is 30.4. The number of allylic oxidation sites excluding steroid dienone is 1. The molecule has 0 saturated carbocycles. The van der Waals surface area contributed by atoms with Crippen LogP contribution in [0, 0.1) is 11.8 Å². The first-order valence-corrected chi connectivity index (χ1v) is 10.7. The molecule has 0 bridgehead atoms. The largest absolute Gasteiger partial charge is 0.365 e. The quantitative estimate of drug-likeness (QED) is 0.144. The number of carbonyl (C=O) groups is 6. The van der Waals surface area contributed by atoms with Gasteiger partial charge in [0.05, 0.1) is 15.7 Å². The number of halogens is 1. The fourth-order valence-corrected chi connectivity index (χ4v) is 4.55. The van der Waals surface area contributed by atoms with Gasteiger partial charge in [-0.25, -0.2) is 9.59 Å². The number of nitrogens with one attached hydrogen (secondary N) is 6. The van der Waals surface area contributed by atoms with E-state index in [1.54, 1.807) is 24.3 Å². The van der Waals surface area contributed by atoms with E-state index in [0.29, 0.717) is 12.8 Å². The van der Waals surface area contributed by atoms with Gasteiger partial charge in [0, 0.05) is 24.7 Å². The normalized spacial score (nSPS) is 28.8. The van der Waals surface area contributed by atoms with E-state index in [1.165, 1.54) is 0 Å². The second-order valence-corrected chi connectivity index (χ2v) is 8.25. The molecule has 2 aliphatic carbocycles. The molecule has 2 aliphatic heterocycles. The Kier molecular flexibility index (Phi) is 10.4. The molecule has 2 saturated heterocycles. The van der Waals surface area contributed by atoms with Gasteiger partial charge in [0.15, 0.2) is 0 Å². The van der Waals surface area contributed by atoms with Crippen molar-refractivity contribution in [3.05, 3.63) is 24.3 Å². The maximum absolute atomic E-state index is 11.8. The molecule has 4 aliphatic rings. The lowest BCUT2D eigenvalue weighted by Crippen LogP contribution is -2.51. The predicted molar refractivity (Wildman–Crippen MR) is 129 cm³/mol. The van der Waals surface area contributed by atoms with Crippen molar-refractivity contribution >= 4 is 51.4 Å². The van der Waals surface area contributed by atoms with Crippen molar-refractivity contribution in [1.29, 1.82) is 0 Å². The van der Waals surface area contributed by atoms with Crippen molar-refractivity contribution in [2.75, 3.05) is 12.9 Å². The molecule has 0 aromatic heterocycles. The highest BCUT2D eigenvalue weighted by Gasteiger charge is 2.53. The Hall–Kier alpha value is -3.64. The topological polar surface area (TPSA) is 175 Å². The smallest absolute Gasteiger partial charge is 0.322 e. The summed E-state index contributed by atoms with van der Waals surface area (Å²) in [4.78, 5) is 68.8. The lowest BCUT2D eigenvalue weighted by molar-refractivity contribution is -0.127. The maximum atomic E-state index is 11.8. The zero-order chi connectivity index (χ0) is 24.9. The van der Waals surface area contributed by atoms with Gasteiger partial charge in [0.1, 0.15) is 11.1 Å². The van der Waals surface area contributed by atoms with Crippen molar-refractivity contribution in [3.8, 4) is 0 Å². The second kappa shape index (κ2) is 12.4. The van der Waals surface area contributed by atoms with Crippen LogP contribution in [0.1, 0.15) is 33.1 Å². The molecule has 4 rings (SSSR count). The van der Waals surface area contributed by atoms with E-state index in [1.807, 2.05) is 0 Å². The summed E-state index contributed by atoms with van der Waals surface area (Å²) in [5.74, 6) is -1.84. The Balaban J connectivity index is 0.000000341. The van der Waals surface area contributed by atoms with E-state index in [-0.39, 0.29) is 67.4 Å². The average molecular weight is 502 g/mol. The molecule has 15 heteroatoms. The molecule has 0 aromatic rings. The van der Waals surface area contributed by atoms with E-state index in [4.69, 9.17) is 15.7 Å². The summed E-state index contributed by atoms with van der Waals surface area (Å²) in [6.07, 6.45) is 8.40. The highest BCUT2D eigenvalue weighted by Crippen LogP contribution is 2.35. The zero-order valence-electron chi connectivity index (χ0n) is 18.7. The Morgan fingerprint density at radius 2 is 1.50 bits per heavy atom. The number of hydrogen-bond acceptors (Lipinski definition) is 6. The van der Waals surface area contributed by atoms with Crippen LogP contribution in [0.25, 0.3) is 0 Å². The highest BCUT2D eigenvalue weighted by atomic mass is 19.0. The SMILES string of the molecule is C.F.[B]CNC(=O)CC1C=CCC12NC(=O)NC2=O.[B]CNC(=O)CC1CC=CC12NC(=O)NC2=O. The summed E-state index contributed by atoms with van der Waals surface area (Å²) in [6, 6.07) is -1.03. The van der Waals surface area contributed by atoms with Crippen LogP contribution >= 0.6 is 0 Å². The Labute approximate surface area is 210 Å². The van der Waals surface area contributed by atoms with Crippen LogP contribution in [0.5, 0.6) is 0 Å². The number of urea groups is 2. The minimum absolute atomic E-state index is 0. The van der Waals surface area contributed by atoms with Gasteiger partial charge in [0.2, 0.25) is 11.8 Å². The summed E-state index contributed by atoms with van der Waals surface area (Å²) >= 11 is 0. The third-order valence-corrected chi connectivity index (χ3v) is 6.21. The van der Waals surface area contributed by atoms with Crippen LogP contribution in [0.15, 0.2) is 24.3 Å². The molecule has 0 aromatic carbocycles. The summed E-state index contributed by atoms with van der Waals surface area (Å²) in [7, 11) is 10.4. The zero-order valence-corrected chi connectivity index (χ0v) is 18.7. The molecule has 2 spiro atoms. The van der Waals surface area contributed by atoms with Gasteiger partial charge in [-0.1, -0.05) is 31.7 Å². The molecule has 36 heavy (non-hydrogen) atoms. The summed E-state index contributed by atoms with van der Waals surface area (Å²) in [5.41, 5.74) is -2.06. The molecule has 4 radical (unpaired) electrons. The van der Waals surface area contributed by atoms with Gasteiger partial charge in [-0.3, -0.25) is 34.5 Å². The fourth-order valence-electron chi connectivity index (χ4n) is 4.55. The van der Waals surface area contributed by atoms with Gasteiger partial charge in [-0.15, -0.1) is 0 Å². The molecule has 192 valence electrons. The lowest BCUT2D eigenvalue weighted by atomic mass is 9.84. The molecule has 4 atom stereocenters. The summed E-state index contributed by atoms with van der Waals surface area (Å²) in [5, 5.41) is 14.5. The lowest BCUT2D eigenvalue weighted by Gasteiger charge is -2.27. The van der Waals surface area contributed by atoms with Crippen LogP contribution in [0.4, 0.5) is 14.3 Å². The molecular weight excluding hydrogens is 473 g/mol. The highest BCUT2D eigenvalue weighted by molar-refractivity contribution is 6.11. The van der Waals surface area contributed by atoms with Gasteiger partial charge < -0.3 is 21.3 Å². The first-order valence-electron chi connectivity index (χ1n) is 10.7. The number of carbonyl (C=O) groups excluding carboxylic acids is 6. The predicted octanol–water partition coefficient (Wildman–Crippen LogP) is -1.67. The van der Waals surface area contributed by atoms with Gasteiger partial charge in [-0.05, 0) is 25.7 Å². The van der Waals surface area contributed by atoms with Crippen LogP contribution in [0.2, 0.25) is 0 Å². The third kappa shape index (κ3) is 5.94. The molecule has 6 N–H and O–H groups in total. The van der Waals surface area contributed by atoms with Crippen molar-refractivity contribution in [2.24, 2.45) is 11.8 Å². The van der Waals surface area contributed by atoms with Gasteiger partial charge in [-0.2, -0.15) is 0 Å². The van der Waals surface area contributed by atoms with E-state index < -0.39 is 29.0 Å². The Morgan fingerprint density at radius 3 is 2.03 bits per heavy atom. The molecular formula is C21H29B2FN6O6. The van der Waals surface area contributed by atoms with E-state index >= 15 is 0 Å². The van der Waals surface area contributed by atoms with E-state index in [2.05, 4.69) is 31.9 Å². The number of rotatable bonds is 6. The number of imide groups is 2. The van der Waals surface area contributed by atoms with Crippen LogP contribution in [-0.4, -0.2) is 75.3 Å². The molecule has 2 fully saturated rings. The second-order valence-electron chi connectivity index (χ2n) is 8.25. The minimum atomic E-state index is -1.07. The van der Waals surface area contributed by atoms with Crippen LogP contribution < -0.4 is 31.9 Å². The van der Waals surface area contributed by atoms with Crippen molar-refractivity contribution in [3.63, 3.8) is 0 Å². The molecule has 12 nitrogen and oxygen atoms in total. The molecule has 4 unspecified atom stereocenters. The number of hydrogen-bond donors (Lipinski definition) is 6. The third-order valence-electron chi connectivity index (χ3n) is 6.21. The van der Waals surface area contributed by atoms with Crippen molar-refractivity contribution < 1.29 is 33.5 Å². The average Bonchev–Trinajstić information content (AvgIpc) is 3.48. The standard InChI is InChI=1S/2C10H12BN3O3.CH4.FH/c2*11-5-12-7(15)4-6-2-1-3-10(6)8(16)13-9(17)14-10;;/h1,3,6H,2,4-5H2,(H,12,15)(H2,13,14,16,17);1-2,6H,3-5H2,(H,12,15)(H2,13,14,16,17);1H4;1H. The van der Waals surface area contributed by atoms with E-state index in [0.717, 1.165) is 0 Å². The maximum Gasteiger partial charge on any atom is 0.322 e. The van der Waals surface area contributed by atoms with E-state index in [9.17, 15) is 28.8 Å². The van der Waals surface area contributed by atoms with Crippen LogP contribution in [-0.2, 0) is 19.2 Å². The summed E-state index contributed by atoms with van der Waals surface area (Å²) < 4.78 is 0. The molecule has 2 heterocycles. The minimum Gasteiger partial charge on any atom is -0.365 e. The Morgan fingerprint density at radius 1 is 0.917 bits per heavy atom. The van der Waals surface area contributed by atoms with Crippen molar-refractivity contribution in [1.82, 2.24) is 31.9 Å². The first-order chi connectivity index (χ1) is 16.2. The van der Waals surface area contributed by atoms with Crippen molar-refractivity contribution in [2.45, 2.75) is 44.2 Å². The Bertz CT molecular complexity index is 979.